The van der Waals surface area contributed by atoms with Gasteiger partial charge in [0.05, 0.1) is 17.8 Å². The quantitative estimate of drug-likeness (QED) is 0.670. The predicted octanol–water partition coefficient (Wildman–Crippen LogP) is 3.28. The third-order valence-corrected chi connectivity index (χ3v) is 4.81. The van der Waals surface area contributed by atoms with Gasteiger partial charge in [0.1, 0.15) is 11.6 Å². The Bertz CT molecular complexity index is 1100. The second-order valence-corrected chi connectivity index (χ2v) is 7.64. The van der Waals surface area contributed by atoms with E-state index in [0.29, 0.717) is 23.0 Å². The molecule has 0 unspecified atom stereocenters. The fraction of sp³-hybridized carbons (Fsp3) is 0.333. The van der Waals surface area contributed by atoms with Crippen molar-refractivity contribution < 1.29 is 9.18 Å². The molecule has 0 atom stereocenters. The number of aromatic nitrogens is 4. The van der Waals surface area contributed by atoms with Gasteiger partial charge < -0.3 is 5.32 Å². The number of carbonyl (C=O) groups is 1. The molecule has 2 heterocycles. The lowest BCUT2D eigenvalue weighted by atomic mass is 10.1. The minimum absolute atomic E-state index is 0.0750. The van der Waals surface area contributed by atoms with Gasteiger partial charge in [0.25, 0.3) is 5.56 Å². The van der Waals surface area contributed by atoms with Crippen LogP contribution in [-0.4, -0.2) is 25.7 Å². The van der Waals surface area contributed by atoms with Crippen molar-refractivity contribution in [2.45, 2.75) is 44.9 Å². The second-order valence-electron chi connectivity index (χ2n) is 7.64. The summed E-state index contributed by atoms with van der Waals surface area (Å²) < 4.78 is 14.5. The van der Waals surface area contributed by atoms with E-state index in [-0.39, 0.29) is 35.6 Å². The van der Waals surface area contributed by atoms with Crippen molar-refractivity contribution in [1.82, 2.24) is 19.7 Å². The Morgan fingerprint density at radius 2 is 2.00 bits per heavy atom. The van der Waals surface area contributed by atoms with Crippen LogP contribution in [0, 0.1) is 5.82 Å². The monoisotopic (exact) mass is 395 g/mol. The topological polar surface area (TPSA) is 92.7 Å². The maximum atomic E-state index is 13.1. The first kappa shape index (κ1) is 19.0. The molecule has 2 N–H and O–H groups in total. The fourth-order valence-corrected chi connectivity index (χ4v) is 3.06. The number of aromatic amines is 1. The van der Waals surface area contributed by atoms with E-state index in [1.165, 1.54) is 22.9 Å². The van der Waals surface area contributed by atoms with Crippen LogP contribution < -0.4 is 10.9 Å². The number of halogens is 1. The Kier molecular flexibility index (Phi) is 5.00. The van der Waals surface area contributed by atoms with Gasteiger partial charge in [-0.05, 0) is 36.5 Å². The third-order valence-electron chi connectivity index (χ3n) is 4.81. The molecule has 1 fully saturated rings. The molecule has 0 aliphatic heterocycles. The van der Waals surface area contributed by atoms with Gasteiger partial charge in [-0.2, -0.15) is 9.78 Å². The van der Waals surface area contributed by atoms with Gasteiger partial charge in [-0.3, -0.25) is 14.6 Å². The van der Waals surface area contributed by atoms with Gasteiger partial charge in [0.15, 0.2) is 0 Å². The number of nitrogens with zero attached hydrogens (tertiary/aromatic N) is 3. The number of anilines is 1. The summed E-state index contributed by atoms with van der Waals surface area (Å²) >= 11 is 0. The molecule has 0 bridgehead atoms. The van der Waals surface area contributed by atoms with Crippen LogP contribution in [0.1, 0.15) is 55.5 Å². The molecule has 0 saturated heterocycles. The highest BCUT2D eigenvalue weighted by atomic mass is 19.1. The number of benzene rings is 1. The number of amides is 1. The third kappa shape index (κ3) is 4.42. The first-order chi connectivity index (χ1) is 13.9. The highest BCUT2D eigenvalue weighted by molar-refractivity contribution is 5.91. The zero-order chi connectivity index (χ0) is 20.5. The number of H-pyrrole nitrogens is 1. The summed E-state index contributed by atoms with van der Waals surface area (Å²) in [6.45, 7) is 3.91. The number of hydrogen-bond acceptors (Lipinski definition) is 4. The van der Waals surface area contributed by atoms with Crippen LogP contribution in [0.5, 0.6) is 0 Å². The van der Waals surface area contributed by atoms with Gasteiger partial charge in [-0.25, -0.2) is 9.37 Å². The van der Waals surface area contributed by atoms with E-state index in [2.05, 4.69) is 20.4 Å². The summed E-state index contributed by atoms with van der Waals surface area (Å²) in [6.07, 6.45) is 2.20. The molecule has 1 saturated carbocycles. The molecule has 1 amide bonds. The number of rotatable bonds is 6. The van der Waals surface area contributed by atoms with Crippen LogP contribution in [0.25, 0.3) is 5.95 Å². The SMILES string of the molecule is CC(C)c1cc(=O)[nH]c(-n2nc(C3CC3)cc2NC(=O)Cc2ccc(F)cc2)n1. The molecule has 0 radical (unpaired) electrons. The molecule has 150 valence electrons. The Labute approximate surface area is 167 Å². The lowest BCUT2D eigenvalue weighted by Crippen LogP contribution is -2.20. The smallest absolute Gasteiger partial charge is 0.252 e. The minimum atomic E-state index is -0.346. The summed E-state index contributed by atoms with van der Waals surface area (Å²) in [4.78, 5) is 31.9. The van der Waals surface area contributed by atoms with E-state index in [1.807, 2.05) is 19.9 Å². The standard InChI is InChI=1S/C21H22FN5O2/c1-12(2)16-11-20(29)25-21(23-16)27-18(10-17(26-27)14-5-6-14)24-19(28)9-13-3-7-15(22)8-4-13/h3-4,7-8,10-12,14H,5-6,9H2,1-2H3,(H,24,28)(H,23,25,29). The minimum Gasteiger partial charge on any atom is -0.310 e. The lowest BCUT2D eigenvalue weighted by Gasteiger charge is -2.10. The van der Waals surface area contributed by atoms with Crippen molar-refractivity contribution in [3.8, 4) is 5.95 Å². The van der Waals surface area contributed by atoms with Crippen molar-refractivity contribution in [2.24, 2.45) is 0 Å². The van der Waals surface area contributed by atoms with E-state index >= 15 is 0 Å². The average Bonchev–Trinajstić information content (AvgIpc) is 3.44. The summed E-state index contributed by atoms with van der Waals surface area (Å²) in [6, 6.07) is 9.09. The van der Waals surface area contributed by atoms with Crippen molar-refractivity contribution in [2.75, 3.05) is 5.32 Å². The van der Waals surface area contributed by atoms with E-state index in [1.54, 1.807) is 12.1 Å². The molecule has 4 rings (SSSR count). The van der Waals surface area contributed by atoms with Gasteiger partial charge >= 0.3 is 0 Å². The Morgan fingerprint density at radius 1 is 1.28 bits per heavy atom. The van der Waals surface area contributed by atoms with E-state index in [9.17, 15) is 14.0 Å². The van der Waals surface area contributed by atoms with Crippen molar-refractivity contribution in [3.63, 3.8) is 0 Å². The molecule has 8 heteroatoms. The molecule has 7 nitrogen and oxygen atoms in total. The van der Waals surface area contributed by atoms with Crippen molar-refractivity contribution in [3.05, 3.63) is 69.5 Å². The number of carbonyl (C=O) groups excluding carboxylic acids is 1. The normalized spacial score (nSPS) is 13.7. The van der Waals surface area contributed by atoms with Crippen LogP contribution in [0.15, 0.2) is 41.2 Å². The molecule has 1 aliphatic carbocycles. The maximum Gasteiger partial charge on any atom is 0.252 e. The zero-order valence-corrected chi connectivity index (χ0v) is 16.3. The predicted molar refractivity (Wildman–Crippen MR) is 107 cm³/mol. The van der Waals surface area contributed by atoms with E-state index in [4.69, 9.17) is 0 Å². The van der Waals surface area contributed by atoms with Gasteiger partial charge in [-0.1, -0.05) is 26.0 Å². The van der Waals surface area contributed by atoms with E-state index < -0.39 is 0 Å². The summed E-state index contributed by atoms with van der Waals surface area (Å²) in [7, 11) is 0. The van der Waals surface area contributed by atoms with Crippen molar-refractivity contribution >= 4 is 11.7 Å². The molecule has 0 spiro atoms. The molecule has 1 aromatic carbocycles. The fourth-order valence-electron chi connectivity index (χ4n) is 3.06. The summed E-state index contributed by atoms with van der Waals surface area (Å²) in [5.74, 6) is 0.548. The highest BCUT2D eigenvalue weighted by Gasteiger charge is 2.28. The second kappa shape index (κ2) is 7.62. The zero-order valence-electron chi connectivity index (χ0n) is 16.3. The maximum absolute atomic E-state index is 13.1. The van der Waals surface area contributed by atoms with Crippen LogP contribution >= 0.6 is 0 Å². The molecule has 3 aromatic rings. The van der Waals surface area contributed by atoms with Crippen LogP contribution in [-0.2, 0) is 11.2 Å². The van der Waals surface area contributed by atoms with Crippen LogP contribution in [0.2, 0.25) is 0 Å². The Morgan fingerprint density at radius 3 is 2.66 bits per heavy atom. The number of hydrogen-bond donors (Lipinski definition) is 2. The van der Waals surface area contributed by atoms with Gasteiger partial charge in [0.2, 0.25) is 11.9 Å². The Balaban J connectivity index is 1.64. The Hall–Kier alpha value is -3.29. The first-order valence-corrected chi connectivity index (χ1v) is 9.65. The first-order valence-electron chi connectivity index (χ1n) is 9.65. The van der Waals surface area contributed by atoms with E-state index in [0.717, 1.165) is 18.5 Å². The molecule has 29 heavy (non-hydrogen) atoms. The highest BCUT2D eigenvalue weighted by Crippen LogP contribution is 2.40. The van der Waals surface area contributed by atoms with Crippen molar-refractivity contribution in [1.29, 1.82) is 0 Å². The van der Waals surface area contributed by atoms with Crippen LogP contribution in [0.4, 0.5) is 10.2 Å². The van der Waals surface area contributed by atoms with Gasteiger partial charge in [-0.15, -0.1) is 0 Å². The van der Waals surface area contributed by atoms with Crippen LogP contribution in [0.3, 0.4) is 0 Å². The lowest BCUT2D eigenvalue weighted by molar-refractivity contribution is -0.115. The number of nitrogens with one attached hydrogen (secondary N) is 2. The molecule has 2 aromatic heterocycles. The molecular formula is C21H22FN5O2. The molecule has 1 aliphatic rings. The molecular weight excluding hydrogens is 373 g/mol. The average molecular weight is 395 g/mol. The summed E-state index contributed by atoms with van der Waals surface area (Å²) in [5, 5.41) is 7.42. The largest absolute Gasteiger partial charge is 0.310 e. The summed E-state index contributed by atoms with van der Waals surface area (Å²) in [5.41, 5.74) is 1.94. The van der Waals surface area contributed by atoms with Gasteiger partial charge in [0, 0.05) is 18.1 Å².